The maximum atomic E-state index is 13.8. The summed E-state index contributed by atoms with van der Waals surface area (Å²) < 4.78 is 27.7. The number of aromatic nitrogens is 2. The van der Waals surface area contributed by atoms with Gasteiger partial charge in [0.25, 0.3) is 11.8 Å². The predicted octanol–water partition coefficient (Wildman–Crippen LogP) is 2.55. The Balaban J connectivity index is 1.86. The summed E-state index contributed by atoms with van der Waals surface area (Å²) in [5.41, 5.74) is 12.9. The van der Waals surface area contributed by atoms with E-state index in [-0.39, 0.29) is 23.8 Å². The number of amides is 1. The number of carbonyl (C=O) groups excluding carboxylic acids is 1. The highest BCUT2D eigenvalue weighted by atomic mass is 19.3. The maximum Gasteiger partial charge on any atom is 0.264 e. The monoisotopic (exact) mass is 376 g/mol. The molecule has 1 aromatic carbocycles. The molecule has 27 heavy (non-hydrogen) atoms. The fraction of sp³-hybridized carbons (Fsp3) is 0.389. The SMILES string of the molecule is Cc1cccc(Nc2nc(N[C@H]3CCCC(F)(F)[C@H]3N)ncc2C(N)=O)c1. The molecule has 2 aromatic rings. The van der Waals surface area contributed by atoms with Crippen LogP contribution in [0.2, 0.25) is 0 Å². The van der Waals surface area contributed by atoms with Crippen molar-refractivity contribution in [2.24, 2.45) is 11.5 Å². The Bertz CT molecular complexity index is 844. The minimum absolute atomic E-state index is 0.0975. The largest absolute Gasteiger partial charge is 0.365 e. The second-order valence-corrected chi connectivity index (χ2v) is 6.74. The number of rotatable bonds is 5. The predicted molar refractivity (Wildman–Crippen MR) is 99.2 cm³/mol. The molecule has 0 radical (unpaired) electrons. The molecule has 1 aromatic heterocycles. The molecule has 7 nitrogen and oxygen atoms in total. The van der Waals surface area contributed by atoms with Crippen molar-refractivity contribution in [2.75, 3.05) is 10.6 Å². The zero-order chi connectivity index (χ0) is 19.6. The second kappa shape index (κ2) is 7.43. The van der Waals surface area contributed by atoms with E-state index in [4.69, 9.17) is 11.5 Å². The zero-order valence-electron chi connectivity index (χ0n) is 14.9. The Morgan fingerprint density at radius 2 is 2.15 bits per heavy atom. The molecule has 1 aliphatic carbocycles. The van der Waals surface area contributed by atoms with E-state index in [1.54, 1.807) is 0 Å². The minimum Gasteiger partial charge on any atom is -0.365 e. The van der Waals surface area contributed by atoms with E-state index in [9.17, 15) is 13.6 Å². The first-order valence-electron chi connectivity index (χ1n) is 8.67. The molecular weight excluding hydrogens is 354 g/mol. The first-order valence-corrected chi connectivity index (χ1v) is 8.67. The van der Waals surface area contributed by atoms with E-state index in [1.165, 1.54) is 6.20 Å². The van der Waals surface area contributed by atoms with Gasteiger partial charge in [-0.3, -0.25) is 4.79 Å². The van der Waals surface area contributed by atoms with Crippen LogP contribution in [0.1, 0.15) is 35.2 Å². The van der Waals surface area contributed by atoms with Gasteiger partial charge in [0.1, 0.15) is 11.4 Å². The zero-order valence-corrected chi connectivity index (χ0v) is 14.9. The molecule has 1 heterocycles. The molecule has 0 saturated heterocycles. The van der Waals surface area contributed by atoms with Gasteiger partial charge in [0, 0.05) is 18.3 Å². The molecule has 1 fully saturated rings. The van der Waals surface area contributed by atoms with Crippen LogP contribution in [0.3, 0.4) is 0 Å². The molecule has 0 bridgehead atoms. The van der Waals surface area contributed by atoms with Gasteiger partial charge in [0.05, 0.1) is 12.1 Å². The summed E-state index contributed by atoms with van der Waals surface area (Å²) in [6.07, 6.45) is 1.88. The van der Waals surface area contributed by atoms with Crippen LogP contribution < -0.4 is 22.1 Å². The summed E-state index contributed by atoms with van der Waals surface area (Å²) in [5, 5.41) is 5.90. The Morgan fingerprint density at radius 1 is 1.37 bits per heavy atom. The summed E-state index contributed by atoms with van der Waals surface area (Å²) in [7, 11) is 0. The van der Waals surface area contributed by atoms with E-state index in [2.05, 4.69) is 20.6 Å². The molecule has 144 valence electrons. The van der Waals surface area contributed by atoms with Gasteiger partial charge >= 0.3 is 0 Å². The molecule has 0 aliphatic heterocycles. The van der Waals surface area contributed by atoms with Gasteiger partial charge < -0.3 is 22.1 Å². The first kappa shape index (κ1) is 19.0. The molecule has 0 unspecified atom stereocenters. The summed E-state index contributed by atoms with van der Waals surface area (Å²) in [4.78, 5) is 20.0. The fourth-order valence-electron chi connectivity index (χ4n) is 3.11. The number of nitrogens with zero attached hydrogens (tertiary/aromatic N) is 2. The van der Waals surface area contributed by atoms with Gasteiger partial charge in [-0.25, -0.2) is 13.8 Å². The third kappa shape index (κ3) is 4.30. The Morgan fingerprint density at radius 3 is 2.85 bits per heavy atom. The van der Waals surface area contributed by atoms with Crippen molar-refractivity contribution >= 4 is 23.4 Å². The topological polar surface area (TPSA) is 119 Å². The number of hydrogen-bond donors (Lipinski definition) is 4. The minimum atomic E-state index is -2.94. The van der Waals surface area contributed by atoms with Crippen LogP contribution >= 0.6 is 0 Å². The number of halogens is 2. The van der Waals surface area contributed by atoms with E-state index >= 15 is 0 Å². The van der Waals surface area contributed by atoms with Gasteiger partial charge in [-0.05, 0) is 37.5 Å². The van der Waals surface area contributed by atoms with Crippen molar-refractivity contribution in [3.05, 3.63) is 41.6 Å². The van der Waals surface area contributed by atoms with Crippen LogP contribution in [0.25, 0.3) is 0 Å². The number of benzene rings is 1. The lowest BCUT2D eigenvalue weighted by Gasteiger charge is -2.35. The summed E-state index contributed by atoms with van der Waals surface area (Å²) in [6, 6.07) is 5.46. The van der Waals surface area contributed by atoms with Crippen molar-refractivity contribution in [2.45, 2.75) is 44.2 Å². The molecule has 1 saturated carbocycles. The second-order valence-electron chi connectivity index (χ2n) is 6.74. The van der Waals surface area contributed by atoms with Crippen LogP contribution in [-0.2, 0) is 0 Å². The third-order valence-electron chi connectivity index (χ3n) is 4.60. The van der Waals surface area contributed by atoms with Crippen molar-refractivity contribution < 1.29 is 13.6 Å². The number of nitrogens with two attached hydrogens (primary N) is 2. The fourth-order valence-corrected chi connectivity index (χ4v) is 3.11. The number of alkyl halides is 2. The van der Waals surface area contributed by atoms with Gasteiger partial charge in [-0.2, -0.15) is 4.98 Å². The van der Waals surface area contributed by atoms with Crippen molar-refractivity contribution in [3.8, 4) is 0 Å². The van der Waals surface area contributed by atoms with E-state index in [0.29, 0.717) is 18.5 Å². The number of carbonyl (C=O) groups is 1. The van der Waals surface area contributed by atoms with Crippen molar-refractivity contribution in [1.29, 1.82) is 0 Å². The van der Waals surface area contributed by atoms with Crippen LogP contribution in [0.5, 0.6) is 0 Å². The lowest BCUT2D eigenvalue weighted by Crippen LogP contribution is -2.55. The lowest BCUT2D eigenvalue weighted by molar-refractivity contribution is -0.0555. The van der Waals surface area contributed by atoms with Gasteiger partial charge in [0.15, 0.2) is 0 Å². The van der Waals surface area contributed by atoms with Crippen molar-refractivity contribution in [1.82, 2.24) is 9.97 Å². The normalized spacial score (nSPS) is 21.5. The summed E-state index contributed by atoms with van der Waals surface area (Å²) >= 11 is 0. The first-order chi connectivity index (χ1) is 12.8. The van der Waals surface area contributed by atoms with E-state index in [0.717, 1.165) is 5.56 Å². The number of nitrogens with one attached hydrogen (secondary N) is 2. The Hall–Kier alpha value is -2.81. The van der Waals surface area contributed by atoms with E-state index < -0.39 is 23.9 Å². The quantitative estimate of drug-likeness (QED) is 0.637. The smallest absolute Gasteiger partial charge is 0.264 e. The van der Waals surface area contributed by atoms with Crippen LogP contribution in [0, 0.1) is 6.92 Å². The number of primary amides is 1. The molecule has 6 N–H and O–H groups in total. The molecule has 1 aliphatic rings. The average molecular weight is 376 g/mol. The molecular formula is C18H22F2N6O. The Kier molecular flexibility index (Phi) is 5.22. The van der Waals surface area contributed by atoms with Crippen LogP contribution in [0.15, 0.2) is 30.5 Å². The van der Waals surface area contributed by atoms with Gasteiger partial charge in [0.2, 0.25) is 5.95 Å². The van der Waals surface area contributed by atoms with Gasteiger partial charge in [-0.15, -0.1) is 0 Å². The number of aryl methyl sites for hydroxylation is 1. The van der Waals surface area contributed by atoms with Crippen LogP contribution in [0.4, 0.5) is 26.2 Å². The molecule has 9 heteroatoms. The Labute approximate surface area is 155 Å². The highest BCUT2D eigenvalue weighted by molar-refractivity contribution is 5.98. The molecule has 2 atom stereocenters. The van der Waals surface area contributed by atoms with Crippen molar-refractivity contribution in [3.63, 3.8) is 0 Å². The van der Waals surface area contributed by atoms with Crippen LogP contribution in [-0.4, -0.2) is 33.9 Å². The van der Waals surface area contributed by atoms with E-state index in [1.807, 2.05) is 31.2 Å². The average Bonchev–Trinajstić information content (AvgIpc) is 2.59. The molecule has 1 amide bonds. The molecule has 3 rings (SSSR count). The third-order valence-corrected chi connectivity index (χ3v) is 4.60. The number of anilines is 3. The highest BCUT2D eigenvalue weighted by Gasteiger charge is 2.44. The summed E-state index contributed by atoms with van der Waals surface area (Å²) in [6.45, 7) is 1.93. The van der Waals surface area contributed by atoms with Gasteiger partial charge in [-0.1, -0.05) is 12.1 Å². The number of hydrogen-bond acceptors (Lipinski definition) is 6. The molecule has 0 spiro atoms. The maximum absolute atomic E-state index is 13.8. The highest BCUT2D eigenvalue weighted by Crippen LogP contribution is 2.33. The summed E-state index contributed by atoms with van der Waals surface area (Å²) in [5.74, 6) is -3.33. The lowest BCUT2D eigenvalue weighted by atomic mass is 9.87. The standard InChI is InChI=1S/C18H22F2N6O/c1-10-4-2-5-11(8-10)24-16-12(15(22)27)9-23-17(26-16)25-13-6-3-7-18(19,20)14(13)21/h2,4-5,8-9,13-14H,3,6-7,21H2,1H3,(H2,22,27)(H2,23,24,25,26)/t13-,14-/m0/s1.